The number of hydrogen-bond acceptors (Lipinski definition) is 5. The monoisotopic (exact) mass is 798 g/mol. The minimum Gasteiger partial charge on any atom is -0.462 e. The van der Waals surface area contributed by atoms with E-state index in [-0.39, 0.29) is 24.9 Å². The zero-order chi connectivity index (χ0) is 41.7. The average Bonchev–Trinajstić information content (AvgIpc) is 3.20. The molecule has 0 aromatic heterocycles. The van der Waals surface area contributed by atoms with E-state index in [1.165, 1.54) is 96.3 Å². The third kappa shape index (κ3) is 40.1. The first kappa shape index (κ1) is 54.6. The summed E-state index contributed by atoms with van der Waals surface area (Å²) in [6.07, 6.45) is 54.2. The Bertz CT molecular complexity index is 1030. The quantitative estimate of drug-likeness (QED) is 0.0325. The highest BCUT2D eigenvalue weighted by Gasteiger charge is 2.24. The van der Waals surface area contributed by atoms with Crippen molar-refractivity contribution >= 4 is 11.9 Å². The number of esters is 1. The number of aliphatic hydroxyl groups excluding tert-OH is 2. The lowest BCUT2D eigenvalue weighted by Crippen LogP contribution is -2.46. The Kier molecular flexibility index (Phi) is 42.7. The number of unbranched alkanes of at least 4 members (excludes halogenated alkanes) is 20. The zero-order valence-electron chi connectivity index (χ0n) is 37.5. The molecule has 0 rings (SSSR count). The fraction of sp³-hybridized carbons (Fsp3) is 0.765. The van der Waals surface area contributed by atoms with Crippen molar-refractivity contribution in [2.24, 2.45) is 0 Å². The summed E-state index contributed by atoms with van der Waals surface area (Å²) in [5, 5.41) is 23.6. The molecule has 0 aromatic carbocycles. The first-order valence-corrected chi connectivity index (χ1v) is 24.0. The van der Waals surface area contributed by atoms with Gasteiger partial charge in [-0.1, -0.05) is 210 Å². The summed E-state index contributed by atoms with van der Waals surface area (Å²) in [7, 11) is 0. The number of amides is 1. The molecule has 0 saturated carbocycles. The third-order valence-electron chi connectivity index (χ3n) is 10.6. The summed E-state index contributed by atoms with van der Waals surface area (Å²) in [6, 6.07) is -0.718. The third-order valence-corrected chi connectivity index (χ3v) is 10.6. The van der Waals surface area contributed by atoms with Crippen LogP contribution in [0.1, 0.15) is 226 Å². The smallest absolute Gasteiger partial charge is 0.306 e. The van der Waals surface area contributed by atoms with E-state index in [0.29, 0.717) is 19.3 Å². The van der Waals surface area contributed by atoms with Gasteiger partial charge in [0.05, 0.1) is 25.2 Å². The summed E-state index contributed by atoms with van der Waals surface area (Å²) in [5.41, 5.74) is 0. The van der Waals surface area contributed by atoms with E-state index < -0.39 is 18.2 Å². The predicted octanol–water partition coefficient (Wildman–Crippen LogP) is 14.1. The maximum Gasteiger partial charge on any atom is 0.306 e. The lowest BCUT2D eigenvalue weighted by atomic mass is 10.0. The molecule has 0 radical (unpaired) electrons. The largest absolute Gasteiger partial charge is 0.462 e. The molecule has 3 N–H and O–H groups in total. The molecule has 6 nitrogen and oxygen atoms in total. The molecule has 1 amide bonds. The second-order valence-electron chi connectivity index (χ2n) is 16.1. The number of ether oxygens (including phenoxy) is 1. The van der Waals surface area contributed by atoms with Crippen molar-refractivity contribution in [1.29, 1.82) is 0 Å². The van der Waals surface area contributed by atoms with E-state index in [2.05, 4.69) is 86.8 Å². The second-order valence-corrected chi connectivity index (χ2v) is 16.1. The molecular weight excluding hydrogens is 707 g/mol. The number of carbonyl (C=O) groups excluding carboxylic acids is 2. The van der Waals surface area contributed by atoms with Crippen LogP contribution in [0, 0.1) is 0 Å². The maximum atomic E-state index is 13.1. The van der Waals surface area contributed by atoms with Crippen LogP contribution in [0.25, 0.3) is 0 Å². The van der Waals surface area contributed by atoms with Gasteiger partial charge in [0.25, 0.3) is 0 Å². The van der Waals surface area contributed by atoms with Gasteiger partial charge in [-0.25, -0.2) is 0 Å². The van der Waals surface area contributed by atoms with E-state index >= 15 is 0 Å². The Morgan fingerprint density at radius 2 is 0.947 bits per heavy atom. The molecule has 330 valence electrons. The highest BCUT2D eigenvalue weighted by atomic mass is 16.5. The molecule has 0 aromatic rings. The van der Waals surface area contributed by atoms with E-state index in [9.17, 15) is 19.8 Å². The van der Waals surface area contributed by atoms with Crippen LogP contribution in [0.2, 0.25) is 0 Å². The van der Waals surface area contributed by atoms with Crippen molar-refractivity contribution < 1.29 is 24.5 Å². The van der Waals surface area contributed by atoms with Crippen LogP contribution >= 0.6 is 0 Å². The molecule has 0 saturated heterocycles. The molecule has 0 aliphatic carbocycles. The van der Waals surface area contributed by atoms with E-state index in [4.69, 9.17) is 4.74 Å². The van der Waals surface area contributed by atoms with Crippen molar-refractivity contribution in [1.82, 2.24) is 5.32 Å². The van der Waals surface area contributed by atoms with E-state index in [1.54, 1.807) is 0 Å². The van der Waals surface area contributed by atoms with Crippen molar-refractivity contribution in [2.45, 2.75) is 244 Å². The summed E-state index contributed by atoms with van der Waals surface area (Å²) < 4.78 is 5.88. The number of carbonyl (C=O) groups is 2. The van der Waals surface area contributed by atoms with Gasteiger partial charge in [-0.3, -0.25) is 9.59 Å². The van der Waals surface area contributed by atoms with Crippen LogP contribution in [-0.4, -0.2) is 46.9 Å². The number of aliphatic hydroxyl groups is 2. The Hall–Kier alpha value is -2.44. The Morgan fingerprint density at radius 1 is 0.526 bits per heavy atom. The molecule has 0 spiro atoms. The Labute approximate surface area is 352 Å². The first-order valence-electron chi connectivity index (χ1n) is 24.0. The van der Waals surface area contributed by atoms with Crippen LogP contribution < -0.4 is 5.32 Å². The molecule has 57 heavy (non-hydrogen) atoms. The number of allylic oxidation sites excluding steroid dienone is 10. The molecular formula is C51H91NO5. The van der Waals surface area contributed by atoms with Gasteiger partial charge >= 0.3 is 5.97 Å². The van der Waals surface area contributed by atoms with Gasteiger partial charge in [-0.2, -0.15) is 0 Å². The summed E-state index contributed by atoms with van der Waals surface area (Å²) in [4.78, 5) is 26.0. The predicted molar refractivity (Wildman–Crippen MR) is 245 cm³/mol. The van der Waals surface area contributed by atoms with E-state index in [1.807, 2.05) is 0 Å². The maximum absolute atomic E-state index is 13.1. The first-order chi connectivity index (χ1) is 28.0. The van der Waals surface area contributed by atoms with Crippen LogP contribution in [0.3, 0.4) is 0 Å². The fourth-order valence-electron chi connectivity index (χ4n) is 6.99. The van der Waals surface area contributed by atoms with Gasteiger partial charge in [-0.05, 0) is 64.2 Å². The standard InChI is InChI=1S/C51H91NO5/c1-4-7-10-13-16-19-22-23-24-25-26-27-29-30-33-36-39-42-47(57-51(56)44-41-38-35-32-21-18-15-12-9-6-3)45-50(55)52-48(46-53)49(54)43-40-37-34-31-28-20-17-14-11-8-5-2/h7,10,16,19,23-24,26-27,30,33,47-49,53-54H,4-6,8-9,11-15,17-18,20-22,25,28-29,31-32,34-46H2,1-3H3,(H,52,55)/b10-7-,19-16-,24-23-,27-26-,33-30-. The number of hydrogen-bond donors (Lipinski definition) is 3. The minimum atomic E-state index is -0.801. The highest BCUT2D eigenvalue weighted by molar-refractivity contribution is 5.77. The number of nitrogens with one attached hydrogen (secondary N) is 1. The van der Waals surface area contributed by atoms with E-state index in [0.717, 1.165) is 83.5 Å². The fourth-order valence-corrected chi connectivity index (χ4v) is 6.99. The molecule has 0 heterocycles. The molecule has 6 heteroatoms. The van der Waals surface area contributed by atoms with Gasteiger partial charge < -0.3 is 20.3 Å². The topological polar surface area (TPSA) is 95.9 Å². The van der Waals surface area contributed by atoms with Crippen LogP contribution in [-0.2, 0) is 14.3 Å². The van der Waals surface area contributed by atoms with Crippen LogP contribution in [0.15, 0.2) is 60.8 Å². The van der Waals surface area contributed by atoms with Gasteiger partial charge in [0.2, 0.25) is 5.91 Å². The second kappa shape index (κ2) is 44.7. The molecule has 0 bridgehead atoms. The number of rotatable bonds is 42. The van der Waals surface area contributed by atoms with Crippen LogP contribution in [0.4, 0.5) is 0 Å². The van der Waals surface area contributed by atoms with Crippen molar-refractivity contribution in [2.75, 3.05) is 6.61 Å². The lowest BCUT2D eigenvalue weighted by Gasteiger charge is -2.24. The lowest BCUT2D eigenvalue weighted by molar-refractivity contribution is -0.151. The average molecular weight is 798 g/mol. The Morgan fingerprint density at radius 3 is 1.40 bits per heavy atom. The molecule has 3 unspecified atom stereocenters. The van der Waals surface area contributed by atoms with Crippen LogP contribution in [0.5, 0.6) is 0 Å². The molecule has 0 aliphatic heterocycles. The van der Waals surface area contributed by atoms with Gasteiger partial charge in [0.15, 0.2) is 0 Å². The Balaban J connectivity index is 4.71. The van der Waals surface area contributed by atoms with Crippen molar-refractivity contribution in [3.8, 4) is 0 Å². The highest BCUT2D eigenvalue weighted by Crippen LogP contribution is 2.17. The van der Waals surface area contributed by atoms with Gasteiger partial charge in [0, 0.05) is 6.42 Å². The molecule has 3 atom stereocenters. The summed E-state index contributed by atoms with van der Waals surface area (Å²) in [5.74, 6) is -0.531. The molecule has 0 aliphatic rings. The normalized spacial score (nSPS) is 13.8. The SMILES string of the molecule is CC/C=C\C/C=C\C/C=C\C/C=C\C/C=C\CCCC(CC(=O)NC(CO)C(O)CCCCCCCCCCCCC)OC(=O)CCCCCCCCCCCC. The van der Waals surface area contributed by atoms with Crippen molar-refractivity contribution in [3.05, 3.63) is 60.8 Å². The summed E-state index contributed by atoms with van der Waals surface area (Å²) in [6.45, 7) is 6.32. The minimum absolute atomic E-state index is 0.0388. The van der Waals surface area contributed by atoms with Gasteiger partial charge in [-0.15, -0.1) is 0 Å². The zero-order valence-corrected chi connectivity index (χ0v) is 37.5. The molecule has 0 fully saturated rings. The van der Waals surface area contributed by atoms with Crippen molar-refractivity contribution in [3.63, 3.8) is 0 Å². The summed E-state index contributed by atoms with van der Waals surface area (Å²) >= 11 is 0. The van der Waals surface area contributed by atoms with Gasteiger partial charge in [0.1, 0.15) is 6.10 Å².